The molecule has 0 aliphatic carbocycles. The molecule has 0 fully saturated rings. The first-order chi connectivity index (χ1) is 10.1. The van der Waals surface area contributed by atoms with Crippen molar-refractivity contribution in [3.8, 4) is 11.8 Å². The van der Waals surface area contributed by atoms with Gasteiger partial charge in [0.15, 0.2) is 11.6 Å². The minimum Gasteiger partial charge on any atom is -0.491 e. The van der Waals surface area contributed by atoms with E-state index in [1.54, 1.807) is 31.2 Å². The third-order valence-corrected chi connectivity index (χ3v) is 2.88. The number of ether oxygens (including phenoxy) is 1. The van der Waals surface area contributed by atoms with E-state index in [-0.39, 0.29) is 11.3 Å². The summed E-state index contributed by atoms with van der Waals surface area (Å²) in [6, 6.07) is 10.7. The first-order valence-electron chi connectivity index (χ1n) is 6.48. The molecule has 0 aliphatic rings. The van der Waals surface area contributed by atoms with Crippen molar-refractivity contribution < 1.29 is 13.5 Å². The molecule has 0 radical (unpaired) electrons. The maximum atomic E-state index is 13.7. The summed E-state index contributed by atoms with van der Waals surface area (Å²) in [6.07, 6.45) is 0. The molecule has 0 saturated carbocycles. The summed E-state index contributed by atoms with van der Waals surface area (Å²) in [5.74, 6) is -0.788. The lowest BCUT2D eigenvalue weighted by atomic mass is 10.1. The smallest absolute Gasteiger partial charge is 0.167 e. The predicted molar refractivity (Wildman–Crippen MR) is 76.0 cm³/mol. The Morgan fingerprint density at radius 1 is 1.14 bits per heavy atom. The van der Waals surface area contributed by atoms with Crippen LogP contribution in [0.3, 0.4) is 0 Å². The highest BCUT2D eigenvalue weighted by molar-refractivity contribution is 5.48. The summed E-state index contributed by atoms with van der Waals surface area (Å²) >= 11 is 0. The van der Waals surface area contributed by atoms with Gasteiger partial charge in [0.05, 0.1) is 12.2 Å². The SMILES string of the molecule is CCOc1ccc(NCc2ccc(F)c(C#N)c2)cc1F. The Balaban J connectivity index is 2.06. The highest BCUT2D eigenvalue weighted by Gasteiger charge is 2.05. The molecule has 5 heteroatoms. The first-order valence-corrected chi connectivity index (χ1v) is 6.48. The Hall–Kier alpha value is -2.61. The largest absolute Gasteiger partial charge is 0.491 e. The molecule has 0 aromatic heterocycles. The number of nitrogens with zero attached hydrogens (tertiary/aromatic N) is 1. The lowest BCUT2D eigenvalue weighted by Gasteiger charge is -2.09. The first kappa shape index (κ1) is 14.8. The molecule has 0 atom stereocenters. The van der Waals surface area contributed by atoms with Crippen molar-refractivity contribution in [2.24, 2.45) is 0 Å². The van der Waals surface area contributed by atoms with Gasteiger partial charge in [-0.2, -0.15) is 5.26 Å². The molecular weight excluding hydrogens is 274 g/mol. The van der Waals surface area contributed by atoms with Crippen LogP contribution < -0.4 is 10.1 Å². The molecule has 0 unspecified atom stereocenters. The second kappa shape index (κ2) is 6.71. The number of anilines is 1. The van der Waals surface area contributed by atoms with E-state index in [4.69, 9.17) is 10.00 Å². The molecule has 0 spiro atoms. The summed E-state index contributed by atoms with van der Waals surface area (Å²) in [5, 5.41) is 11.8. The maximum absolute atomic E-state index is 13.7. The summed E-state index contributed by atoms with van der Waals surface area (Å²) in [4.78, 5) is 0. The Kier molecular flexibility index (Phi) is 4.72. The van der Waals surface area contributed by atoms with Crippen molar-refractivity contribution in [2.75, 3.05) is 11.9 Å². The zero-order chi connectivity index (χ0) is 15.2. The quantitative estimate of drug-likeness (QED) is 0.909. The van der Waals surface area contributed by atoms with Crippen LogP contribution in [0.5, 0.6) is 5.75 Å². The minimum atomic E-state index is -0.548. The topological polar surface area (TPSA) is 45.0 Å². The van der Waals surface area contributed by atoms with Crippen LogP contribution >= 0.6 is 0 Å². The molecule has 21 heavy (non-hydrogen) atoms. The molecule has 2 rings (SSSR count). The van der Waals surface area contributed by atoms with Crippen molar-refractivity contribution in [3.63, 3.8) is 0 Å². The van der Waals surface area contributed by atoms with E-state index in [2.05, 4.69) is 5.32 Å². The van der Waals surface area contributed by atoms with Crippen LogP contribution in [0.2, 0.25) is 0 Å². The van der Waals surface area contributed by atoms with E-state index >= 15 is 0 Å². The van der Waals surface area contributed by atoms with Gasteiger partial charge in [0.25, 0.3) is 0 Å². The Morgan fingerprint density at radius 2 is 1.95 bits per heavy atom. The molecule has 0 heterocycles. The highest BCUT2D eigenvalue weighted by atomic mass is 19.1. The number of benzene rings is 2. The number of rotatable bonds is 5. The van der Waals surface area contributed by atoms with E-state index in [9.17, 15) is 8.78 Å². The zero-order valence-electron chi connectivity index (χ0n) is 11.5. The van der Waals surface area contributed by atoms with Crippen LogP contribution in [0.25, 0.3) is 0 Å². The number of nitrogens with one attached hydrogen (secondary N) is 1. The van der Waals surface area contributed by atoms with Crippen LogP contribution in [0, 0.1) is 23.0 Å². The van der Waals surface area contributed by atoms with Gasteiger partial charge in [0.1, 0.15) is 11.9 Å². The lowest BCUT2D eigenvalue weighted by molar-refractivity contribution is 0.321. The Labute approximate surface area is 121 Å². The van der Waals surface area contributed by atoms with Crippen LogP contribution in [0.15, 0.2) is 36.4 Å². The van der Waals surface area contributed by atoms with Crippen molar-refractivity contribution in [1.29, 1.82) is 5.26 Å². The third-order valence-electron chi connectivity index (χ3n) is 2.88. The second-order valence-electron chi connectivity index (χ2n) is 4.36. The monoisotopic (exact) mass is 288 g/mol. The van der Waals surface area contributed by atoms with Crippen LogP contribution in [-0.2, 0) is 6.54 Å². The molecular formula is C16H14F2N2O. The predicted octanol–water partition coefficient (Wildman–Crippen LogP) is 3.85. The normalized spacial score (nSPS) is 10.0. The van der Waals surface area contributed by atoms with Gasteiger partial charge in [0.2, 0.25) is 0 Å². The van der Waals surface area contributed by atoms with E-state index in [1.165, 1.54) is 18.2 Å². The second-order valence-corrected chi connectivity index (χ2v) is 4.36. The number of hydrogen-bond donors (Lipinski definition) is 1. The van der Waals surface area contributed by atoms with E-state index in [0.717, 1.165) is 5.56 Å². The molecule has 0 bridgehead atoms. The molecule has 0 aliphatic heterocycles. The fourth-order valence-electron chi connectivity index (χ4n) is 1.86. The summed E-state index contributed by atoms with van der Waals surface area (Å²) in [7, 11) is 0. The molecule has 0 saturated heterocycles. The van der Waals surface area contributed by atoms with Gasteiger partial charge in [-0.25, -0.2) is 8.78 Å². The van der Waals surface area contributed by atoms with Crippen molar-refractivity contribution in [1.82, 2.24) is 0 Å². The lowest BCUT2D eigenvalue weighted by Crippen LogP contribution is -2.02. The van der Waals surface area contributed by atoms with Gasteiger partial charge in [-0.05, 0) is 36.8 Å². The fraction of sp³-hybridized carbons (Fsp3) is 0.188. The zero-order valence-corrected chi connectivity index (χ0v) is 11.5. The van der Waals surface area contributed by atoms with Crippen LogP contribution in [0.1, 0.15) is 18.1 Å². The summed E-state index contributed by atoms with van der Waals surface area (Å²) in [6.45, 7) is 2.55. The average molecular weight is 288 g/mol. The summed E-state index contributed by atoms with van der Waals surface area (Å²) in [5.41, 5.74) is 1.31. The molecule has 0 amide bonds. The Morgan fingerprint density at radius 3 is 2.62 bits per heavy atom. The molecule has 3 nitrogen and oxygen atoms in total. The molecule has 1 N–H and O–H groups in total. The maximum Gasteiger partial charge on any atom is 0.167 e. The van der Waals surface area contributed by atoms with Gasteiger partial charge in [-0.15, -0.1) is 0 Å². The fourth-order valence-corrected chi connectivity index (χ4v) is 1.86. The van der Waals surface area contributed by atoms with E-state index in [0.29, 0.717) is 18.8 Å². The van der Waals surface area contributed by atoms with E-state index in [1.807, 2.05) is 0 Å². The minimum absolute atomic E-state index is 0.00725. The molecule has 108 valence electrons. The van der Waals surface area contributed by atoms with Gasteiger partial charge in [0, 0.05) is 18.3 Å². The summed E-state index contributed by atoms with van der Waals surface area (Å²) < 4.78 is 32.0. The number of nitriles is 1. The van der Waals surface area contributed by atoms with Crippen molar-refractivity contribution in [2.45, 2.75) is 13.5 Å². The highest BCUT2D eigenvalue weighted by Crippen LogP contribution is 2.21. The van der Waals surface area contributed by atoms with Gasteiger partial charge >= 0.3 is 0 Å². The Bertz CT molecular complexity index is 680. The average Bonchev–Trinajstić information content (AvgIpc) is 2.49. The van der Waals surface area contributed by atoms with E-state index < -0.39 is 11.6 Å². The van der Waals surface area contributed by atoms with Gasteiger partial charge in [-0.1, -0.05) is 6.07 Å². The third kappa shape index (κ3) is 3.69. The van der Waals surface area contributed by atoms with Crippen LogP contribution in [-0.4, -0.2) is 6.61 Å². The van der Waals surface area contributed by atoms with Crippen molar-refractivity contribution in [3.05, 3.63) is 59.2 Å². The standard InChI is InChI=1S/C16H14F2N2O/c1-2-21-16-6-4-13(8-15(16)18)20-10-11-3-5-14(17)12(7-11)9-19/h3-8,20H,2,10H2,1H3. The van der Waals surface area contributed by atoms with Crippen molar-refractivity contribution >= 4 is 5.69 Å². The van der Waals surface area contributed by atoms with Gasteiger partial charge < -0.3 is 10.1 Å². The molecule has 2 aromatic carbocycles. The molecule has 2 aromatic rings. The van der Waals surface area contributed by atoms with Gasteiger partial charge in [-0.3, -0.25) is 0 Å². The number of halogens is 2. The number of hydrogen-bond acceptors (Lipinski definition) is 3. The van der Waals surface area contributed by atoms with Crippen LogP contribution in [0.4, 0.5) is 14.5 Å².